The highest BCUT2D eigenvalue weighted by molar-refractivity contribution is 7.99. The predicted molar refractivity (Wildman–Crippen MR) is 61.3 cm³/mol. The van der Waals surface area contributed by atoms with Gasteiger partial charge in [0.25, 0.3) is 0 Å². The van der Waals surface area contributed by atoms with Crippen LogP contribution < -0.4 is 0 Å². The number of carboxylic acids is 1. The molecule has 0 fully saturated rings. The van der Waals surface area contributed by atoms with Crippen LogP contribution in [0.3, 0.4) is 0 Å². The van der Waals surface area contributed by atoms with Gasteiger partial charge in [-0.05, 0) is 23.9 Å². The minimum Gasteiger partial charge on any atom is -0.476 e. The van der Waals surface area contributed by atoms with Crippen molar-refractivity contribution in [3.8, 4) is 0 Å². The zero-order valence-corrected chi connectivity index (χ0v) is 10.2. The number of pyridine rings is 1. The van der Waals surface area contributed by atoms with Gasteiger partial charge >= 0.3 is 5.97 Å². The lowest BCUT2D eigenvalue weighted by molar-refractivity contribution is 0.0690. The Bertz CT molecular complexity index is 572. The largest absolute Gasteiger partial charge is 0.476 e. The zero-order chi connectivity index (χ0) is 12.4. The molecule has 88 valence electrons. The normalized spacial score (nSPS) is 10.5. The Morgan fingerprint density at radius 1 is 1.53 bits per heavy atom. The molecule has 2 aromatic rings. The van der Waals surface area contributed by atoms with Crippen LogP contribution in [0.5, 0.6) is 0 Å². The van der Waals surface area contributed by atoms with E-state index >= 15 is 0 Å². The lowest BCUT2D eigenvalue weighted by Crippen LogP contribution is -2.02. The summed E-state index contributed by atoms with van der Waals surface area (Å²) >= 11 is 6.94. The summed E-state index contributed by atoms with van der Waals surface area (Å²) in [5.74, 6) is -1.16. The molecule has 0 aliphatic carbocycles. The van der Waals surface area contributed by atoms with E-state index in [1.165, 1.54) is 17.8 Å². The van der Waals surface area contributed by atoms with Crippen molar-refractivity contribution in [2.24, 2.45) is 7.05 Å². The maximum Gasteiger partial charge on any atom is 0.356 e. The van der Waals surface area contributed by atoms with Gasteiger partial charge in [0.2, 0.25) is 0 Å². The molecule has 2 heterocycles. The van der Waals surface area contributed by atoms with E-state index in [4.69, 9.17) is 16.7 Å². The van der Waals surface area contributed by atoms with Gasteiger partial charge in [-0.3, -0.25) is 0 Å². The van der Waals surface area contributed by atoms with Crippen LogP contribution in [0.1, 0.15) is 10.5 Å². The molecule has 0 amide bonds. The van der Waals surface area contributed by atoms with Crippen molar-refractivity contribution in [1.29, 1.82) is 0 Å². The third-order valence-electron chi connectivity index (χ3n) is 1.89. The first-order chi connectivity index (χ1) is 8.08. The first kappa shape index (κ1) is 11.9. The maximum absolute atomic E-state index is 10.9. The van der Waals surface area contributed by atoms with Crippen molar-refractivity contribution in [2.45, 2.75) is 10.2 Å². The first-order valence-electron chi connectivity index (χ1n) is 4.49. The van der Waals surface area contributed by atoms with Gasteiger partial charge in [0.05, 0.1) is 5.02 Å². The quantitative estimate of drug-likeness (QED) is 0.914. The smallest absolute Gasteiger partial charge is 0.356 e. The first-order valence-corrected chi connectivity index (χ1v) is 5.69. The number of nitrogens with zero attached hydrogens (tertiary/aromatic N) is 4. The average molecular weight is 271 g/mol. The van der Waals surface area contributed by atoms with Crippen LogP contribution in [0.2, 0.25) is 5.02 Å². The summed E-state index contributed by atoms with van der Waals surface area (Å²) in [4.78, 5) is 14.8. The molecule has 2 rings (SSSR count). The molecule has 0 spiro atoms. The summed E-state index contributed by atoms with van der Waals surface area (Å²) in [6.07, 6.45) is 1.55. The van der Waals surface area contributed by atoms with Gasteiger partial charge in [-0.25, -0.2) is 9.78 Å². The highest BCUT2D eigenvalue weighted by atomic mass is 35.5. The lowest BCUT2D eigenvalue weighted by atomic mass is 10.3. The molecule has 17 heavy (non-hydrogen) atoms. The summed E-state index contributed by atoms with van der Waals surface area (Å²) in [5.41, 5.74) is -0.168. The fourth-order valence-corrected chi connectivity index (χ4v) is 2.01. The summed E-state index contributed by atoms with van der Waals surface area (Å²) in [7, 11) is 1.79. The van der Waals surface area contributed by atoms with Crippen molar-refractivity contribution in [3.05, 3.63) is 29.2 Å². The topological polar surface area (TPSA) is 80.9 Å². The number of hydrogen-bond acceptors (Lipinski definition) is 5. The van der Waals surface area contributed by atoms with Gasteiger partial charge in [0, 0.05) is 7.05 Å². The third-order valence-corrected chi connectivity index (χ3v) is 3.18. The van der Waals surface area contributed by atoms with Crippen molar-refractivity contribution in [1.82, 2.24) is 19.7 Å². The van der Waals surface area contributed by atoms with Crippen LogP contribution in [0.25, 0.3) is 0 Å². The minimum atomic E-state index is -1.16. The van der Waals surface area contributed by atoms with E-state index in [1.54, 1.807) is 24.0 Å². The molecule has 0 aliphatic heterocycles. The highest BCUT2D eigenvalue weighted by Crippen LogP contribution is 2.25. The van der Waals surface area contributed by atoms with E-state index in [2.05, 4.69) is 15.2 Å². The molecule has 0 saturated carbocycles. The van der Waals surface area contributed by atoms with E-state index in [0.29, 0.717) is 10.2 Å². The summed E-state index contributed by atoms with van der Waals surface area (Å²) in [5, 5.41) is 17.7. The summed E-state index contributed by atoms with van der Waals surface area (Å²) in [6.45, 7) is 0. The van der Waals surface area contributed by atoms with Crippen molar-refractivity contribution >= 4 is 29.3 Å². The standard InChI is InChI=1S/C9H7ClN4O2S/c1-14-4-11-13-9(14)17-6-3-2-5(10)7(12-6)8(15)16/h2-4H,1H3,(H,15,16). The van der Waals surface area contributed by atoms with E-state index in [0.717, 1.165) is 0 Å². The molecular formula is C9H7ClN4O2S. The zero-order valence-electron chi connectivity index (χ0n) is 8.66. The van der Waals surface area contributed by atoms with Crippen LogP contribution in [-0.2, 0) is 7.05 Å². The average Bonchev–Trinajstić information content (AvgIpc) is 2.67. The monoisotopic (exact) mass is 270 g/mol. The molecule has 2 aromatic heterocycles. The molecule has 0 unspecified atom stereocenters. The van der Waals surface area contributed by atoms with Gasteiger partial charge in [0.1, 0.15) is 11.4 Å². The van der Waals surface area contributed by atoms with Gasteiger partial charge in [-0.1, -0.05) is 11.6 Å². The number of aromatic carboxylic acids is 1. The van der Waals surface area contributed by atoms with Gasteiger partial charge in [-0.15, -0.1) is 10.2 Å². The van der Waals surface area contributed by atoms with E-state index in [9.17, 15) is 4.79 Å². The number of halogens is 1. The SMILES string of the molecule is Cn1cnnc1Sc1ccc(Cl)c(C(=O)O)n1. The Hall–Kier alpha value is -1.60. The molecule has 0 aromatic carbocycles. The molecule has 6 nitrogen and oxygen atoms in total. The fraction of sp³-hybridized carbons (Fsp3) is 0.111. The molecule has 0 aliphatic rings. The number of carboxylic acid groups (broad SMARTS) is 1. The Kier molecular flexibility index (Phi) is 3.30. The molecule has 1 N–H and O–H groups in total. The second kappa shape index (κ2) is 4.72. The van der Waals surface area contributed by atoms with Crippen LogP contribution in [0, 0.1) is 0 Å². The molecule has 0 bridgehead atoms. The summed E-state index contributed by atoms with van der Waals surface area (Å²) in [6, 6.07) is 3.13. The third kappa shape index (κ3) is 2.56. The molecular weight excluding hydrogens is 264 g/mol. The van der Waals surface area contributed by atoms with E-state index in [1.807, 2.05) is 0 Å². The second-order valence-corrected chi connectivity index (χ2v) is 4.51. The van der Waals surface area contributed by atoms with Gasteiger partial charge < -0.3 is 9.67 Å². The van der Waals surface area contributed by atoms with E-state index < -0.39 is 5.97 Å². The lowest BCUT2D eigenvalue weighted by Gasteiger charge is -2.02. The predicted octanol–water partition coefficient (Wildman–Crippen LogP) is 1.71. The van der Waals surface area contributed by atoms with Crippen molar-refractivity contribution in [2.75, 3.05) is 0 Å². The number of aryl methyl sites for hydroxylation is 1. The summed E-state index contributed by atoms with van der Waals surface area (Å²) < 4.78 is 1.71. The van der Waals surface area contributed by atoms with Crippen LogP contribution in [0.4, 0.5) is 0 Å². The Morgan fingerprint density at radius 3 is 2.88 bits per heavy atom. The Morgan fingerprint density at radius 2 is 2.29 bits per heavy atom. The second-order valence-electron chi connectivity index (χ2n) is 3.11. The number of carbonyl (C=O) groups is 1. The van der Waals surface area contributed by atoms with Crippen molar-refractivity contribution < 1.29 is 9.90 Å². The van der Waals surface area contributed by atoms with Crippen LogP contribution in [0.15, 0.2) is 28.6 Å². The Balaban J connectivity index is 2.32. The molecule has 0 saturated heterocycles. The van der Waals surface area contributed by atoms with Crippen LogP contribution in [-0.4, -0.2) is 30.8 Å². The number of hydrogen-bond donors (Lipinski definition) is 1. The number of aromatic nitrogens is 4. The van der Waals surface area contributed by atoms with Crippen LogP contribution >= 0.6 is 23.4 Å². The maximum atomic E-state index is 10.9. The van der Waals surface area contributed by atoms with Gasteiger partial charge in [0.15, 0.2) is 10.9 Å². The fourth-order valence-electron chi connectivity index (χ4n) is 1.09. The Labute approximate surface area is 106 Å². The molecule has 0 radical (unpaired) electrons. The molecule has 0 atom stereocenters. The van der Waals surface area contributed by atoms with E-state index in [-0.39, 0.29) is 10.7 Å². The van der Waals surface area contributed by atoms with Gasteiger partial charge in [-0.2, -0.15) is 0 Å². The minimum absolute atomic E-state index is 0.111. The number of rotatable bonds is 3. The highest BCUT2D eigenvalue weighted by Gasteiger charge is 2.13. The molecule has 8 heteroatoms. The van der Waals surface area contributed by atoms with Crippen molar-refractivity contribution in [3.63, 3.8) is 0 Å².